The summed E-state index contributed by atoms with van der Waals surface area (Å²) >= 11 is 0. The van der Waals surface area contributed by atoms with Crippen LogP contribution in [0.1, 0.15) is 33.6 Å². The molecule has 0 aromatic heterocycles. The van der Waals surface area contributed by atoms with Crippen molar-refractivity contribution in [2.75, 3.05) is 40.3 Å². The van der Waals surface area contributed by atoms with Crippen LogP contribution in [-0.2, 0) is 14.3 Å². The van der Waals surface area contributed by atoms with Gasteiger partial charge in [0, 0.05) is 19.6 Å². The number of ether oxygens (including phenoxy) is 2. The molecule has 1 atom stereocenters. The fourth-order valence-corrected chi connectivity index (χ4v) is 2.68. The van der Waals surface area contributed by atoms with Crippen molar-refractivity contribution in [1.29, 1.82) is 0 Å². The third kappa shape index (κ3) is 8.37. The minimum atomic E-state index is -1.36. The first-order valence-electron chi connectivity index (χ1n) is 8.76. The monoisotopic (exact) mass is 373 g/mol. The number of hydrogen-bond acceptors (Lipinski definition) is 6. The van der Waals surface area contributed by atoms with Crippen LogP contribution in [0.2, 0.25) is 0 Å². The summed E-state index contributed by atoms with van der Waals surface area (Å²) in [5, 5.41) is 11.4. The van der Waals surface area contributed by atoms with E-state index in [0.717, 1.165) is 19.4 Å². The summed E-state index contributed by atoms with van der Waals surface area (Å²) in [6.45, 7) is 6.69. The van der Waals surface area contributed by atoms with Crippen LogP contribution < -0.4 is 5.32 Å². The van der Waals surface area contributed by atoms with E-state index in [1.165, 1.54) is 0 Å². The van der Waals surface area contributed by atoms with Crippen molar-refractivity contribution in [3.8, 4) is 0 Å². The predicted molar refractivity (Wildman–Crippen MR) is 95.0 cm³/mol. The standard InChI is InChI=1S/C17H31N3O6/c1-17(2,3)26-15(23)18-13(14(21)22)11-25-16(24)20-8-6-12(7-9-20)10-19(4)5/h12-13H,6-11H2,1-5H3,(H,18,23)(H,21,22)/t13-/m0/s1. The summed E-state index contributed by atoms with van der Waals surface area (Å²) < 4.78 is 10.1. The first-order valence-corrected chi connectivity index (χ1v) is 8.76. The maximum atomic E-state index is 12.1. The number of hydrogen-bond donors (Lipinski definition) is 2. The zero-order valence-corrected chi connectivity index (χ0v) is 16.3. The smallest absolute Gasteiger partial charge is 0.409 e. The van der Waals surface area contributed by atoms with Gasteiger partial charge in [-0.2, -0.15) is 0 Å². The molecule has 0 bridgehead atoms. The number of carbonyl (C=O) groups excluding carboxylic acids is 2. The average Bonchev–Trinajstić information content (AvgIpc) is 2.49. The second-order valence-electron chi connectivity index (χ2n) is 7.81. The lowest BCUT2D eigenvalue weighted by Gasteiger charge is -2.32. The van der Waals surface area contributed by atoms with Crippen molar-refractivity contribution in [2.45, 2.75) is 45.3 Å². The molecule has 9 nitrogen and oxygen atoms in total. The van der Waals surface area contributed by atoms with Gasteiger partial charge in [-0.3, -0.25) is 0 Å². The van der Waals surface area contributed by atoms with Crippen molar-refractivity contribution in [2.24, 2.45) is 5.92 Å². The van der Waals surface area contributed by atoms with Gasteiger partial charge in [-0.1, -0.05) is 0 Å². The van der Waals surface area contributed by atoms with Crippen LogP contribution in [0.4, 0.5) is 9.59 Å². The minimum Gasteiger partial charge on any atom is -0.480 e. The normalized spacial score (nSPS) is 16.9. The zero-order chi connectivity index (χ0) is 19.9. The van der Waals surface area contributed by atoms with E-state index >= 15 is 0 Å². The largest absolute Gasteiger partial charge is 0.480 e. The van der Waals surface area contributed by atoms with Crippen LogP contribution in [0, 0.1) is 5.92 Å². The van der Waals surface area contributed by atoms with Crippen LogP contribution >= 0.6 is 0 Å². The van der Waals surface area contributed by atoms with Gasteiger partial charge in [0.15, 0.2) is 6.04 Å². The summed E-state index contributed by atoms with van der Waals surface area (Å²) in [5.74, 6) is -0.761. The first kappa shape index (κ1) is 22.0. The Labute approximate surface area is 154 Å². The number of nitrogens with one attached hydrogen (secondary N) is 1. The first-order chi connectivity index (χ1) is 12.0. The van der Waals surface area contributed by atoms with Gasteiger partial charge in [0.2, 0.25) is 0 Å². The van der Waals surface area contributed by atoms with E-state index in [9.17, 15) is 19.5 Å². The molecular formula is C17H31N3O6. The van der Waals surface area contributed by atoms with E-state index in [1.54, 1.807) is 25.7 Å². The van der Waals surface area contributed by atoms with Gasteiger partial charge in [0.1, 0.15) is 12.2 Å². The Morgan fingerprint density at radius 1 is 1.23 bits per heavy atom. The van der Waals surface area contributed by atoms with Crippen LogP contribution in [0.25, 0.3) is 0 Å². The molecule has 1 aliphatic heterocycles. The molecule has 1 aliphatic rings. The Morgan fingerprint density at radius 3 is 2.27 bits per heavy atom. The maximum Gasteiger partial charge on any atom is 0.409 e. The van der Waals surface area contributed by atoms with Crippen molar-refractivity contribution >= 4 is 18.2 Å². The summed E-state index contributed by atoms with van der Waals surface area (Å²) in [6, 6.07) is -1.36. The highest BCUT2D eigenvalue weighted by molar-refractivity contribution is 5.80. The highest BCUT2D eigenvalue weighted by Gasteiger charge is 2.28. The van der Waals surface area contributed by atoms with E-state index in [4.69, 9.17) is 9.47 Å². The number of piperidine rings is 1. The minimum absolute atomic E-state index is 0.453. The molecule has 0 spiro atoms. The Balaban J connectivity index is 2.43. The van der Waals surface area contributed by atoms with Gasteiger partial charge in [-0.25, -0.2) is 14.4 Å². The SMILES string of the molecule is CN(C)CC1CCN(C(=O)OC[C@H](NC(=O)OC(C)(C)C)C(=O)O)CC1. The lowest BCUT2D eigenvalue weighted by molar-refractivity contribution is -0.140. The molecule has 0 saturated carbocycles. The fraction of sp³-hybridized carbons (Fsp3) is 0.824. The van der Waals surface area contributed by atoms with Gasteiger partial charge in [0.05, 0.1) is 0 Å². The van der Waals surface area contributed by atoms with Crippen LogP contribution in [0.15, 0.2) is 0 Å². The second kappa shape index (κ2) is 9.61. The number of nitrogens with zero attached hydrogens (tertiary/aromatic N) is 2. The number of amides is 2. The summed E-state index contributed by atoms with van der Waals surface area (Å²) in [4.78, 5) is 38.8. The van der Waals surface area contributed by atoms with Crippen LogP contribution in [-0.4, -0.2) is 85.0 Å². The Hall–Kier alpha value is -2.03. The number of rotatable bonds is 6. The third-order valence-corrected chi connectivity index (χ3v) is 3.86. The van der Waals surface area contributed by atoms with Gasteiger partial charge in [-0.15, -0.1) is 0 Å². The van der Waals surface area contributed by atoms with Crippen LogP contribution in [0.3, 0.4) is 0 Å². The molecule has 0 aromatic carbocycles. The molecule has 9 heteroatoms. The van der Waals surface area contributed by atoms with Gasteiger partial charge < -0.3 is 29.7 Å². The number of carboxylic acid groups (broad SMARTS) is 1. The summed E-state index contributed by atoms with van der Waals surface area (Å²) in [5.41, 5.74) is -0.749. The molecule has 1 saturated heterocycles. The molecule has 2 N–H and O–H groups in total. The van der Waals surface area contributed by atoms with E-state index < -0.39 is 36.4 Å². The molecule has 1 rings (SSSR count). The molecule has 26 heavy (non-hydrogen) atoms. The molecule has 0 radical (unpaired) electrons. The third-order valence-electron chi connectivity index (χ3n) is 3.86. The van der Waals surface area contributed by atoms with E-state index in [2.05, 4.69) is 10.2 Å². The molecule has 1 fully saturated rings. The predicted octanol–water partition coefficient (Wildman–Crippen LogP) is 1.37. The number of aliphatic carboxylic acids is 1. The molecule has 0 aliphatic carbocycles. The zero-order valence-electron chi connectivity index (χ0n) is 16.3. The van der Waals surface area contributed by atoms with Gasteiger partial charge in [-0.05, 0) is 53.6 Å². The Kier molecular flexibility index (Phi) is 8.13. The quantitative estimate of drug-likeness (QED) is 0.724. The maximum absolute atomic E-state index is 12.1. The van der Waals surface area contributed by atoms with Crippen molar-refractivity contribution in [3.63, 3.8) is 0 Å². The Bertz CT molecular complexity index is 495. The number of carboxylic acids is 1. The fourth-order valence-electron chi connectivity index (χ4n) is 2.68. The molecule has 1 heterocycles. The lowest BCUT2D eigenvalue weighted by atomic mass is 9.97. The van der Waals surface area contributed by atoms with Gasteiger partial charge >= 0.3 is 18.2 Å². The number of alkyl carbamates (subject to hydrolysis) is 1. The molecule has 150 valence electrons. The molecule has 0 unspecified atom stereocenters. The van der Waals surface area contributed by atoms with Crippen molar-refractivity contribution in [3.05, 3.63) is 0 Å². The van der Waals surface area contributed by atoms with Crippen molar-refractivity contribution in [1.82, 2.24) is 15.1 Å². The molecule has 2 amide bonds. The summed E-state index contributed by atoms with van der Waals surface area (Å²) in [6.07, 6.45) is 0.327. The second-order valence-corrected chi connectivity index (χ2v) is 7.81. The molecular weight excluding hydrogens is 342 g/mol. The van der Waals surface area contributed by atoms with Gasteiger partial charge in [0.25, 0.3) is 0 Å². The van der Waals surface area contributed by atoms with E-state index in [0.29, 0.717) is 19.0 Å². The summed E-state index contributed by atoms with van der Waals surface area (Å²) in [7, 11) is 4.04. The lowest BCUT2D eigenvalue weighted by Crippen LogP contribution is -2.48. The van der Waals surface area contributed by atoms with Crippen LogP contribution in [0.5, 0.6) is 0 Å². The van der Waals surface area contributed by atoms with E-state index in [1.807, 2.05) is 14.1 Å². The highest BCUT2D eigenvalue weighted by Crippen LogP contribution is 2.18. The number of carbonyl (C=O) groups is 3. The highest BCUT2D eigenvalue weighted by atomic mass is 16.6. The van der Waals surface area contributed by atoms with Crippen molar-refractivity contribution < 1.29 is 29.0 Å². The Morgan fingerprint density at radius 2 is 1.81 bits per heavy atom. The average molecular weight is 373 g/mol. The topological polar surface area (TPSA) is 108 Å². The van der Waals surface area contributed by atoms with E-state index in [-0.39, 0.29) is 0 Å². The number of likely N-dealkylation sites (tertiary alicyclic amines) is 1. The molecule has 0 aromatic rings.